The fourth-order valence-electron chi connectivity index (χ4n) is 2.98. The molecule has 0 aliphatic carbocycles. The van der Waals surface area contributed by atoms with Gasteiger partial charge in [0.05, 0.1) is 20.1 Å². The molecule has 0 unspecified atom stereocenters. The summed E-state index contributed by atoms with van der Waals surface area (Å²) in [6.45, 7) is 3.81. The van der Waals surface area contributed by atoms with Crippen molar-refractivity contribution in [2.24, 2.45) is 0 Å². The zero-order valence-electron chi connectivity index (χ0n) is 16.6. The van der Waals surface area contributed by atoms with Crippen molar-refractivity contribution in [3.8, 4) is 0 Å². The van der Waals surface area contributed by atoms with E-state index in [0.717, 1.165) is 21.3 Å². The quantitative estimate of drug-likeness (QED) is 0.395. The Morgan fingerprint density at radius 3 is 2.48 bits per heavy atom. The largest absolute Gasteiger partial charge is 0.298 e. The Morgan fingerprint density at radius 2 is 1.77 bits per heavy atom. The molecule has 4 aromatic rings. The van der Waals surface area contributed by atoms with E-state index in [1.807, 2.05) is 19.9 Å². The van der Waals surface area contributed by atoms with Gasteiger partial charge in [-0.25, -0.2) is 13.4 Å². The number of rotatable bonds is 5. The molecule has 0 aliphatic rings. The fourth-order valence-corrected chi connectivity index (χ4v) is 5.24. The average Bonchev–Trinajstić information content (AvgIpc) is 3.16. The molecule has 31 heavy (non-hydrogen) atoms. The summed E-state index contributed by atoms with van der Waals surface area (Å²) >= 11 is 7.52. The highest BCUT2D eigenvalue weighted by atomic mass is 35.5. The predicted octanol–water partition coefficient (Wildman–Crippen LogP) is 5.62. The molecule has 0 bridgehead atoms. The Bertz CT molecular complexity index is 1360. The topological polar surface area (TPSA) is 88.2 Å². The van der Waals surface area contributed by atoms with Crippen LogP contribution in [-0.4, -0.2) is 19.3 Å². The summed E-state index contributed by atoms with van der Waals surface area (Å²) in [5, 5.41) is 3.76. The maximum absolute atomic E-state index is 12.7. The van der Waals surface area contributed by atoms with Crippen LogP contribution in [0.15, 0.2) is 65.6 Å². The third-order valence-corrected chi connectivity index (χ3v) is 7.45. The molecule has 0 radical (unpaired) electrons. The number of hydrogen-bond acceptors (Lipinski definition) is 5. The van der Waals surface area contributed by atoms with Crippen molar-refractivity contribution in [2.45, 2.75) is 18.7 Å². The van der Waals surface area contributed by atoms with Gasteiger partial charge in [-0.2, -0.15) is 0 Å². The first-order valence-electron chi connectivity index (χ1n) is 9.29. The van der Waals surface area contributed by atoms with Gasteiger partial charge in [-0.1, -0.05) is 52.8 Å². The standard InChI is InChI=1S/C22H18ClN3O3S2/c1-13-6-9-17(10-7-13)31(28,29)26-16-5-3-4-15(12-16)21(27)25-22-24-19-14(2)8-11-18(23)20(19)30-22/h3-12,26H,1-2H3,(H,24,25,27). The van der Waals surface area contributed by atoms with Crippen molar-refractivity contribution in [1.82, 2.24) is 4.98 Å². The van der Waals surface area contributed by atoms with Crippen LogP contribution in [0.4, 0.5) is 10.8 Å². The first-order valence-corrected chi connectivity index (χ1v) is 12.0. The minimum atomic E-state index is -3.76. The molecule has 0 spiro atoms. The number of aromatic nitrogens is 1. The second-order valence-corrected chi connectivity index (χ2v) is 10.1. The number of nitrogens with one attached hydrogen (secondary N) is 2. The molecule has 0 saturated carbocycles. The monoisotopic (exact) mass is 471 g/mol. The van der Waals surface area contributed by atoms with E-state index < -0.39 is 15.9 Å². The van der Waals surface area contributed by atoms with Crippen LogP contribution in [0.2, 0.25) is 5.02 Å². The molecule has 4 rings (SSSR count). The number of amides is 1. The highest BCUT2D eigenvalue weighted by Crippen LogP contribution is 2.34. The number of benzene rings is 3. The molecule has 3 aromatic carbocycles. The molecule has 0 aliphatic heterocycles. The van der Waals surface area contributed by atoms with Crippen molar-refractivity contribution in [2.75, 3.05) is 10.0 Å². The smallest absolute Gasteiger partial charge is 0.261 e. The number of sulfonamides is 1. The molecule has 6 nitrogen and oxygen atoms in total. The van der Waals surface area contributed by atoms with Crippen LogP contribution in [0, 0.1) is 13.8 Å². The van der Waals surface area contributed by atoms with Crippen molar-refractivity contribution >= 4 is 59.9 Å². The summed E-state index contributed by atoms with van der Waals surface area (Å²) in [5.74, 6) is -0.399. The highest BCUT2D eigenvalue weighted by molar-refractivity contribution is 7.92. The lowest BCUT2D eigenvalue weighted by molar-refractivity contribution is 0.102. The van der Waals surface area contributed by atoms with Gasteiger partial charge in [0.15, 0.2) is 5.13 Å². The van der Waals surface area contributed by atoms with Crippen molar-refractivity contribution in [3.05, 3.63) is 82.4 Å². The van der Waals surface area contributed by atoms with Crippen LogP contribution >= 0.6 is 22.9 Å². The van der Waals surface area contributed by atoms with E-state index in [1.54, 1.807) is 36.4 Å². The SMILES string of the molecule is Cc1ccc(S(=O)(=O)Nc2cccc(C(=O)Nc3nc4c(C)ccc(Cl)c4s3)c2)cc1. The van der Waals surface area contributed by atoms with E-state index in [2.05, 4.69) is 15.0 Å². The third kappa shape index (κ3) is 4.56. The van der Waals surface area contributed by atoms with Crippen molar-refractivity contribution in [1.29, 1.82) is 0 Å². The van der Waals surface area contributed by atoms with Gasteiger partial charge in [0.2, 0.25) is 0 Å². The fraction of sp³-hybridized carbons (Fsp3) is 0.0909. The van der Waals surface area contributed by atoms with E-state index in [-0.39, 0.29) is 10.6 Å². The van der Waals surface area contributed by atoms with Gasteiger partial charge in [0.1, 0.15) is 0 Å². The van der Waals surface area contributed by atoms with Crippen LogP contribution < -0.4 is 10.0 Å². The van der Waals surface area contributed by atoms with Gasteiger partial charge in [-0.15, -0.1) is 0 Å². The zero-order chi connectivity index (χ0) is 22.2. The first kappa shape index (κ1) is 21.3. The lowest BCUT2D eigenvalue weighted by Crippen LogP contribution is -2.15. The molecule has 0 atom stereocenters. The number of hydrogen-bond donors (Lipinski definition) is 2. The third-order valence-electron chi connectivity index (χ3n) is 4.63. The number of carbonyl (C=O) groups excluding carboxylic acids is 1. The van der Waals surface area contributed by atoms with Gasteiger partial charge in [0.25, 0.3) is 15.9 Å². The van der Waals surface area contributed by atoms with E-state index >= 15 is 0 Å². The summed E-state index contributed by atoms with van der Waals surface area (Å²) in [6, 6.07) is 16.5. The van der Waals surface area contributed by atoms with E-state index in [1.165, 1.54) is 29.5 Å². The molecule has 0 saturated heterocycles. The summed E-state index contributed by atoms with van der Waals surface area (Å²) in [5.41, 5.74) is 3.25. The van der Waals surface area contributed by atoms with Crippen LogP contribution in [0.5, 0.6) is 0 Å². The molecule has 1 amide bonds. The van der Waals surface area contributed by atoms with Gasteiger partial charge in [-0.3, -0.25) is 14.8 Å². The van der Waals surface area contributed by atoms with Gasteiger partial charge in [0, 0.05) is 11.3 Å². The lowest BCUT2D eigenvalue weighted by atomic mass is 10.2. The van der Waals surface area contributed by atoms with Gasteiger partial charge >= 0.3 is 0 Å². The Hall–Kier alpha value is -2.94. The second-order valence-electron chi connectivity index (χ2n) is 7.01. The Morgan fingerprint density at radius 1 is 1.03 bits per heavy atom. The van der Waals surface area contributed by atoms with E-state index in [9.17, 15) is 13.2 Å². The number of aryl methyl sites for hydroxylation is 2. The lowest BCUT2D eigenvalue weighted by Gasteiger charge is -2.10. The normalized spacial score (nSPS) is 11.5. The molecule has 9 heteroatoms. The molecule has 2 N–H and O–H groups in total. The number of fused-ring (bicyclic) bond motifs is 1. The molecule has 158 valence electrons. The number of anilines is 2. The maximum Gasteiger partial charge on any atom is 0.261 e. The molecule has 1 aromatic heterocycles. The van der Waals surface area contributed by atoms with Crippen LogP contribution in [0.3, 0.4) is 0 Å². The van der Waals surface area contributed by atoms with Crippen molar-refractivity contribution in [3.63, 3.8) is 0 Å². The van der Waals surface area contributed by atoms with E-state index in [4.69, 9.17) is 11.6 Å². The van der Waals surface area contributed by atoms with Crippen molar-refractivity contribution < 1.29 is 13.2 Å². The number of thiazole rings is 1. The maximum atomic E-state index is 12.7. The zero-order valence-corrected chi connectivity index (χ0v) is 19.0. The molecular formula is C22H18ClN3O3S2. The average molecular weight is 472 g/mol. The predicted molar refractivity (Wildman–Crippen MR) is 126 cm³/mol. The Labute approximate surface area is 189 Å². The number of nitrogens with zero attached hydrogens (tertiary/aromatic N) is 1. The first-order chi connectivity index (χ1) is 14.7. The summed E-state index contributed by atoms with van der Waals surface area (Å²) in [7, 11) is -3.76. The molecule has 0 fully saturated rings. The number of halogens is 1. The Kier molecular flexibility index (Phi) is 5.70. The Balaban J connectivity index is 1.55. The minimum absolute atomic E-state index is 0.148. The van der Waals surface area contributed by atoms with Gasteiger partial charge in [-0.05, 0) is 55.8 Å². The van der Waals surface area contributed by atoms with Gasteiger partial charge < -0.3 is 0 Å². The highest BCUT2D eigenvalue weighted by Gasteiger charge is 2.16. The second kappa shape index (κ2) is 8.30. The molecular weight excluding hydrogens is 454 g/mol. The molecule has 1 heterocycles. The van der Waals surface area contributed by atoms with Crippen LogP contribution in [-0.2, 0) is 10.0 Å². The number of carbonyl (C=O) groups is 1. The summed E-state index contributed by atoms with van der Waals surface area (Å²) < 4.78 is 28.5. The summed E-state index contributed by atoms with van der Waals surface area (Å²) in [4.78, 5) is 17.3. The summed E-state index contributed by atoms with van der Waals surface area (Å²) in [6.07, 6.45) is 0. The van der Waals surface area contributed by atoms with Crippen LogP contribution in [0.25, 0.3) is 10.2 Å². The van der Waals surface area contributed by atoms with Crippen LogP contribution in [0.1, 0.15) is 21.5 Å². The van der Waals surface area contributed by atoms with E-state index in [0.29, 0.717) is 15.7 Å². The minimum Gasteiger partial charge on any atom is -0.298 e.